The van der Waals surface area contributed by atoms with E-state index in [0.29, 0.717) is 5.02 Å². The molecule has 1 aliphatic heterocycles. The lowest BCUT2D eigenvalue weighted by Crippen LogP contribution is -2.58. The number of thioether (sulfide) groups is 1. The maximum atomic E-state index is 12.0. The van der Waals surface area contributed by atoms with Crippen molar-refractivity contribution in [3.63, 3.8) is 0 Å². The van der Waals surface area contributed by atoms with Crippen molar-refractivity contribution in [3.8, 4) is 0 Å². The first kappa shape index (κ1) is 13.9. The number of imide groups is 2. The van der Waals surface area contributed by atoms with Crippen LogP contribution >= 0.6 is 23.4 Å². The normalized spacial score (nSPS) is 17.3. The molecule has 5 nitrogen and oxygen atoms in total. The second-order valence-electron chi connectivity index (χ2n) is 4.03. The molecule has 19 heavy (non-hydrogen) atoms. The van der Waals surface area contributed by atoms with Gasteiger partial charge in [-0.1, -0.05) is 11.6 Å². The Labute approximate surface area is 119 Å². The standard InChI is InChI=1S/C12H11ClN2O3S/c1-14-10(16)9(11(17)15(2)12(14)18)19-8-5-3-7(13)4-6-8/h3-6,9H,1-2H3. The van der Waals surface area contributed by atoms with E-state index in [2.05, 4.69) is 0 Å². The van der Waals surface area contributed by atoms with Gasteiger partial charge in [0.25, 0.3) is 11.8 Å². The van der Waals surface area contributed by atoms with Crippen LogP contribution in [0, 0.1) is 0 Å². The predicted octanol–water partition coefficient (Wildman–Crippen LogP) is 1.85. The van der Waals surface area contributed by atoms with Crippen LogP contribution < -0.4 is 0 Å². The Kier molecular flexibility index (Phi) is 3.82. The molecule has 1 aromatic carbocycles. The Balaban J connectivity index is 2.23. The Hall–Kier alpha value is -1.53. The number of urea groups is 1. The van der Waals surface area contributed by atoms with Gasteiger partial charge < -0.3 is 0 Å². The Morgan fingerprint density at radius 1 is 1.00 bits per heavy atom. The third kappa shape index (κ3) is 2.59. The fourth-order valence-corrected chi connectivity index (χ4v) is 2.83. The minimum Gasteiger partial charge on any atom is -0.272 e. The molecule has 100 valence electrons. The lowest BCUT2D eigenvalue weighted by Gasteiger charge is -2.32. The van der Waals surface area contributed by atoms with E-state index in [-0.39, 0.29) is 0 Å². The highest BCUT2D eigenvalue weighted by Crippen LogP contribution is 2.29. The van der Waals surface area contributed by atoms with Crippen LogP contribution in [0.4, 0.5) is 4.79 Å². The van der Waals surface area contributed by atoms with Crippen LogP contribution in [0.1, 0.15) is 0 Å². The van der Waals surface area contributed by atoms with E-state index in [9.17, 15) is 14.4 Å². The molecule has 0 bridgehead atoms. The van der Waals surface area contributed by atoms with Crippen molar-refractivity contribution in [2.24, 2.45) is 0 Å². The van der Waals surface area contributed by atoms with Gasteiger partial charge in [0.1, 0.15) is 0 Å². The van der Waals surface area contributed by atoms with Gasteiger partial charge in [-0.15, -0.1) is 11.8 Å². The molecule has 1 aromatic rings. The molecule has 0 spiro atoms. The average molecular weight is 299 g/mol. The van der Waals surface area contributed by atoms with E-state index in [0.717, 1.165) is 26.5 Å². The SMILES string of the molecule is CN1C(=O)C(Sc2ccc(Cl)cc2)C(=O)N(C)C1=O. The molecule has 7 heteroatoms. The zero-order chi connectivity index (χ0) is 14.2. The van der Waals surface area contributed by atoms with Crippen molar-refractivity contribution in [1.82, 2.24) is 9.80 Å². The summed E-state index contributed by atoms with van der Waals surface area (Å²) in [5, 5.41) is -0.357. The van der Waals surface area contributed by atoms with Gasteiger partial charge in [0, 0.05) is 24.0 Å². The molecule has 0 radical (unpaired) electrons. The topological polar surface area (TPSA) is 57.7 Å². The van der Waals surface area contributed by atoms with Gasteiger partial charge in [-0.25, -0.2) is 4.79 Å². The molecule has 0 aromatic heterocycles. The van der Waals surface area contributed by atoms with Gasteiger partial charge in [0.05, 0.1) is 0 Å². The van der Waals surface area contributed by atoms with E-state index >= 15 is 0 Å². The zero-order valence-corrected chi connectivity index (χ0v) is 11.9. The van der Waals surface area contributed by atoms with Crippen LogP contribution in [0.3, 0.4) is 0 Å². The molecule has 4 amide bonds. The molecule has 0 aliphatic carbocycles. The second-order valence-corrected chi connectivity index (χ2v) is 5.64. The van der Waals surface area contributed by atoms with Gasteiger partial charge in [0.15, 0.2) is 5.25 Å². The minimum absolute atomic E-state index is 0.506. The first-order chi connectivity index (χ1) is 8.91. The monoisotopic (exact) mass is 298 g/mol. The molecule has 0 atom stereocenters. The number of carbonyl (C=O) groups is 3. The van der Waals surface area contributed by atoms with Crippen LogP contribution in [0.15, 0.2) is 29.2 Å². The van der Waals surface area contributed by atoms with Crippen molar-refractivity contribution in [1.29, 1.82) is 0 Å². The Morgan fingerprint density at radius 3 is 1.95 bits per heavy atom. The van der Waals surface area contributed by atoms with Crippen LogP contribution in [0.5, 0.6) is 0 Å². The summed E-state index contributed by atoms with van der Waals surface area (Å²) in [6.07, 6.45) is 0. The van der Waals surface area contributed by atoms with E-state index in [1.165, 1.54) is 14.1 Å². The third-order valence-electron chi connectivity index (χ3n) is 2.75. The predicted molar refractivity (Wildman–Crippen MR) is 72.0 cm³/mol. The summed E-state index contributed by atoms with van der Waals surface area (Å²) in [4.78, 5) is 38.2. The van der Waals surface area contributed by atoms with Crippen molar-refractivity contribution >= 4 is 41.2 Å². The molecule has 0 saturated carbocycles. The van der Waals surface area contributed by atoms with E-state index in [1.807, 2.05) is 0 Å². The fourth-order valence-electron chi connectivity index (χ4n) is 1.62. The lowest BCUT2D eigenvalue weighted by molar-refractivity contribution is -0.139. The molecule has 0 N–H and O–H groups in total. The number of hydrogen-bond acceptors (Lipinski definition) is 4. The van der Waals surface area contributed by atoms with E-state index in [1.54, 1.807) is 24.3 Å². The summed E-state index contributed by atoms with van der Waals surface area (Å²) in [5.41, 5.74) is 0. The van der Waals surface area contributed by atoms with Gasteiger partial charge in [0.2, 0.25) is 0 Å². The summed E-state index contributed by atoms with van der Waals surface area (Å²) >= 11 is 6.88. The number of benzene rings is 1. The molecule has 1 heterocycles. The third-order valence-corrected chi connectivity index (χ3v) is 4.19. The van der Waals surface area contributed by atoms with E-state index < -0.39 is 23.1 Å². The number of hydrogen-bond donors (Lipinski definition) is 0. The van der Waals surface area contributed by atoms with Crippen LogP contribution in [0.25, 0.3) is 0 Å². The lowest BCUT2D eigenvalue weighted by atomic mass is 10.3. The number of amides is 4. The number of halogens is 1. The second kappa shape index (κ2) is 5.22. The smallest absolute Gasteiger partial charge is 0.272 e. The van der Waals surface area contributed by atoms with E-state index in [4.69, 9.17) is 11.6 Å². The van der Waals surface area contributed by atoms with Crippen LogP contribution in [-0.4, -0.2) is 47.0 Å². The van der Waals surface area contributed by atoms with Gasteiger partial charge in [-0.2, -0.15) is 0 Å². The van der Waals surface area contributed by atoms with Gasteiger partial charge in [-0.3, -0.25) is 19.4 Å². The van der Waals surface area contributed by atoms with Gasteiger partial charge >= 0.3 is 6.03 Å². The Bertz CT molecular complexity index is 522. The number of nitrogens with zero attached hydrogens (tertiary/aromatic N) is 2. The average Bonchev–Trinajstić information content (AvgIpc) is 2.41. The quantitative estimate of drug-likeness (QED) is 0.782. The Morgan fingerprint density at radius 2 is 1.47 bits per heavy atom. The highest BCUT2D eigenvalue weighted by atomic mass is 35.5. The first-order valence-electron chi connectivity index (χ1n) is 5.43. The number of carbonyl (C=O) groups excluding carboxylic acids is 3. The first-order valence-corrected chi connectivity index (χ1v) is 6.69. The molecule has 2 rings (SSSR count). The molecule has 1 aliphatic rings. The summed E-state index contributed by atoms with van der Waals surface area (Å²) in [6, 6.07) is 6.21. The summed E-state index contributed by atoms with van der Waals surface area (Å²) in [7, 11) is 2.73. The van der Waals surface area contributed by atoms with Gasteiger partial charge in [-0.05, 0) is 24.3 Å². The van der Waals surface area contributed by atoms with Crippen molar-refractivity contribution in [3.05, 3.63) is 29.3 Å². The molecular weight excluding hydrogens is 288 g/mol. The highest BCUT2D eigenvalue weighted by Gasteiger charge is 2.42. The maximum absolute atomic E-state index is 12.0. The van der Waals surface area contributed by atoms with Crippen LogP contribution in [-0.2, 0) is 9.59 Å². The van der Waals surface area contributed by atoms with Crippen LogP contribution in [0.2, 0.25) is 5.02 Å². The zero-order valence-electron chi connectivity index (χ0n) is 10.3. The van der Waals surface area contributed by atoms with Crippen molar-refractivity contribution < 1.29 is 14.4 Å². The van der Waals surface area contributed by atoms with Crippen molar-refractivity contribution in [2.75, 3.05) is 14.1 Å². The summed E-state index contributed by atoms with van der Waals surface area (Å²) in [6.45, 7) is 0. The maximum Gasteiger partial charge on any atom is 0.332 e. The fraction of sp³-hybridized carbons (Fsp3) is 0.250. The van der Waals surface area contributed by atoms with Crippen molar-refractivity contribution in [2.45, 2.75) is 10.1 Å². The largest absolute Gasteiger partial charge is 0.332 e. The summed E-state index contributed by atoms with van der Waals surface area (Å²) < 4.78 is 0. The molecule has 1 saturated heterocycles. The minimum atomic E-state index is -0.936. The summed E-state index contributed by atoms with van der Waals surface area (Å²) in [5.74, 6) is -1.01. The molecule has 1 fully saturated rings. The highest BCUT2D eigenvalue weighted by molar-refractivity contribution is 8.01. The molecular formula is C12H11ClN2O3S. The number of barbiturate groups is 1. The molecule has 0 unspecified atom stereocenters. The number of rotatable bonds is 2.